The normalized spacial score (nSPS) is 47.6. The summed E-state index contributed by atoms with van der Waals surface area (Å²) < 4.78 is 22.6. The van der Waals surface area contributed by atoms with E-state index in [1.54, 1.807) is 6.92 Å². The molecule has 1 aliphatic heterocycles. The lowest BCUT2D eigenvalue weighted by atomic mass is 9.44. The van der Waals surface area contributed by atoms with Crippen LogP contribution >= 0.6 is 0 Å². The summed E-state index contributed by atoms with van der Waals surface area (Å²) in [7, 11) is 0. The summed E-state index contributed by atoms with van der Waals surface area (Å²) >= 11 is 0. The van der Waals surface area contributed by atoms with Crippen molar-refractivity contribution in [2.24, 2.45) is 46.3 Å². The van der Waals surface area contributed by atoms with Gasteiger partial charge in [-0.15, -0.1) is 0 Å². The number of aliphatic hydroxyl groups is 6. The number of aliphatic hydroxyl groups excluding tert-OH is 6. The third-order valence-corrected chi connectivity index (χ3v) is 13.0. The third kappa shape index (κ3) is 6.82. The number of rotatable bonds is 10. The second-order valence-electron chi connectivity index (χ2n) is 16.0. The van der Waals surface area contributed by atoms with E-state index in [1.165, 1.54) is 6.92 Å². The van der Waals surface area contributed by atoms with Crippen LogP contribution in [-0.2, 0) is 33.3 Å². The van der Waals surface area contributed by atoms with Gasteiger partial charge in [0.05, 0.1) is 25.2 Å². The number of esters is 2. The van der Waals surface area contributed by atoms with Crippen molar-refractivity contribution in [1.82, 2.24) is 0 Å². The number of ether oxygens (including phenoxy) is 4. The van der Waals surface area contributed by atoms with Gasteiger partial charge in [-0.05, 0) is 92.3 Å². The number of Topliss-reactive ketones (excluding diaryl/α,β-unsaturated/α-hetero) is 1. The SMILES string of the molecule is CC(=O)OC1CC2(C)C(CCC3C2CCC2(C)C3CC(OC(=O)CCC(C)COC3OC(CO)C(O)C(O)C3O)C2C(C)=O)C(O)C1O. The van der Waals surface area contributed by atoms with Gasteiger partial charge < -0.3 is 49.6 Å². The molecule has 5 fully saturated rings. The van der Waals surface area contributed by atoms with Crippen molar-refractivity contribution in [1.29, 1.82) is 0 Å². The Labute approximate surface area is 282 Å². The highest BCUT2D eigenvalue weighted by atomic mass is 16.7. The minimum atomic E-state index is -1.54. The van der Waals surface area contributed by atoms with E-state index in [1.807, 2.05) is 6.92 Å². The van der Waals surface area contributed by atoms with Crippen molar-refractivity contribution >= 4 is 17.7 Å². The van der Waals surface area contributed by atoms with Crippen LogP contribution in [0.3, 0.4) is 0 Å². The molecule has 1 saturated heterocycles. The molecule has 4 aliphatic carbocycles. The molecule has 0 aromatic carbocycles. The van der Waals surface area contributed by atoms with Crippen LogP contribution in [0.4, 0.5) is 0 Å². The number of hydrogen-bond donors (Lipinski definition) is 6. The summed E-state index contributed by atoms with van der Waals surface area (Å²) in [5, 5.41) is 61.5. The van der Waals surface area contributed by atoms with Crippen LogP contribution in [0.1, 0.15) is 86.0 Å². The van der Waals surface area contributed by atoms with Crippen molar-refractivity contribution in [3.8, 4) is 0 Å². The first-order valence-electron chi connectivity index (χ1n) is 17.7. The maximum absolute atomic E-state index is 13.2. The fourth-order valence-electron chi connectivity index (χ4n) is 10.7. The number of hydrogen-bond acceptors (Lipinski definition) is 13. The molecule has 5 rings (SSSR count). The van der Waals surface area contributed by atoms with Gasteiger partial charge in [0.15, 0.2) is 6.29 Å². The molecule has 0 aromatic rings. The van der Waals surface area contributed by atoms with E-state index < -0.39 is 79.6 Å². The number of fused-ring (bicyclic) bond motifs is 5. The molecule has 1 heterocycles. The van der Waals surface area contributed by atoms with E-state index in [0.29, 0.717) is 25.7 Å². The highest BCUT2D eigenvalue weighted by molar-refractivity contribution is 5.81. The Morgan fingerprint density at radius 3 is 2.19 bits per heavy atom. The first-order chi connectivity index (χ1) is 22.5. The van der Waals surface area contributed by atoms with Crippen molar-refractivity contribution in [2.45, 2.75) is 141 Å². The molecule has 17 atom stereocenters. The number of ketones is 1. The highest BCUT2D eigenvalue weighted by Crippen LogP contribution is 2.68. The van der Waals surface area contributed by atoms with E-state index in [2.05, 4.69) is 13.8 Å². The Morgan fingerprint density at radius 2 is 1.54 bits per heavy atom. The summed E-state index contributed by atoms with van der Waals surface area (Å²) in [6.45, 7) is 8.57. The molecule has 0 amide bonds. The molecule has 4 saturated carbocycles. The fraction of sp³-hybridized carbons (Fsp3) is 0.914. The second kappa shape index (κ2) is 14.5. The average molecular weight is 685 g/mol. The quantitative estimate of drug-likeness (QED) is 0.177. The van der Waals surface area contributed by atoms with E-state index in [4.69, 9.17) is 18.9 Å². The van der Waals surface area contributed by atoms with Crippen LogP contribution in [0, 0.1) is 46.3 Å². The molecule has 13 heteroatoms. The minimum absolute atomic E-state index is 0.00331. The van der Waals surface area contributed by atoms with Crippen LogP contribution < -0.4 is 0 Å². The van der Waals surface area contributed by atoms with Crippen LogP contribution in [-0.4, -0.2) is 117 Å². The van der Waals surface area contributed by atoms with Crippen molar-refractivity contribution in [3.63, 3.8) is 0 Å². The monoisotopic (exact) mass is 684 g/mol. The predicted molar refractivity (Wildman–Crippen MR) is 168 cm³/mol. The van der Waals surface area contributed by atoms with Crippen LogP contribution in [0.15, 0.2) is 0 Å². The Hall–Kier alpha value is -1.71. The lowest BCUT2D eigenvalue weighted by Gasteiger charge is -2.62. The molecule has 48 heavy (non-hydrogen) atoms. The molecule has 0 spiro atoms. The first-order valence-corrected chi connectivity index (χ1v) is 17.7. The van der Waals surface area contributed by atoms with E-state index in [-0.39, 0.29) is 59.2 Å². The lowest BCUT2D eigenvalue weighted by Crippen LogP contribution is -2.62. The van der Waals surface area contributed by atoms with Gasteiger partial charge in [-0.1, -0.05) is 20.8 Å². The molecule has 0 radical (unpaired) electrons. The largest absolute Gasteiger partial charge is 0.462 e. The molecule has 0 aromatic heterocycles. The van der Waals surface area contributed by atoms with Crippen molar-refractivity contribution in [2.75, 3.05) is 13.2 Å². The van der Waals surface area contributed by atoms with Crippen LogP contribution in [0.25, 0.3) is 0 Å². The Kier molecular flexibility index (Phi) is 11.3. The number of carbonyl (C=O) groups is 3. The van der Waals surface area contributed by atoms with Gasteiger partial charge in [-0.3, -0.25) is 14.4 Å². The Morgan fingerprint density at radius 1 is 0.833 bits per heavy atom. The molecule has 274 valence electrons. The zero-order chi connectivity index (χ0) is 35.3. The standard InChI is InChI=1S/C35H56O13/c1-16(15-45-33-32(44)31(43)30(42)25(14-36)48-33)6-9-26(39)47-23-12-22-19-7-8-21-28(40)29(41)24(46-18(3)38)13-35(21,5)20(19)10-11-34(22,4)27(23)17(2)37/h16,19-25,27-33,36,40-44H,6-15H2,1-5H3. The Balaban J connectivity index is 1.20. The van der Waals surface area contributed by atoms with Crippen LogP contribution in [0.2, 0.25) is 0 Å². The maximum Gasteiger partial charge on any atom is 0.306 e. The van der Waals surface area contributed by atoms with Gasteiger partial charge in [0, 0.05) is 13.3 Å². The average Bonchev–Trinajstić information content (AvgIpc) is 3.32. The summed E-state index contributed by atoms with van der Waals surface area (Å²) in [6, 6.07) is 0. The summed E-state index contributed by atoms with van der Waals surface area (Å²) in [4.78, 5) is 38.2. The third-order valence-electron chi connectivity index (χ3n) is 13.0. The molecule has 6 N–H and O–H groups in total. The van der Waals surface area contributed by atoms with E-state index >= 15 is 0 Å². The van der Waals surface area contributed by atoms with Gasteiger partial charge in [-0.2, -0.15) is 0 Å². The second-order valence-corrected chi connectivity index (χ2v) is 16.0. The fourth-order valence-corrected chi connectivity index (χ4v) is 10.7. The summed E-state index contributed by atoms with van der Waals surface area (Å²) in [6.07, 6.45) is -5.61. The molecule has 13 nitrogen and oxygen atoms in total. The molecule has 5 aliphatic rings. The van der Waals surface area contributed by atoms with Crippen molar-refractivity contribution < 1.29 is 64.0 Å². The highest BCUT2D eigenvalue weighted by Gasteiger charge is 2.66. The summed E-state index contributed by atoms with van der Waals surface area (Å²) in [5.74, 6) is -1.06. The van der Waals surface area contributed by atoms with E-state index in [9.17, 15) is 45.0 Å². The zero-order valence-electron chi connectivity index (χ0n) is 28.8. The van der Waals surface area contributed by atoms with Gasteiger partial charge in [0.25, 0.3) is 0 Å². The predicted octanol–water partition coefficient (Wildman–Crippen LogP) is 0.862. The summed E-state index contributed by atoms with van der Waals surface area (Å²) in [5.41, 5.74) is -0.715. The van der Waals surface area contributed by atoms with E-state index in [0.717, 1.165) is 19.3 Å². The minimum Gasteiger partial charge on any atom is -0.462 e. The molecular weight excluding hydrogens is 628 g/mol. The molecule has 0 bridgehead atoms. The van der Waals surface area contributed by atoms with Crippen LogP contribution in [0.5, 0.6) is 0 Å². The lowest BCUT2D eigenvalue weighted by molar-refractivity contribution is -0.303. The van der Waals surface area contributed by atoms with Gasteiger partial charge in [-0.25, -0.2) is 0 Å². The first kappa shape index (κ1) is 37.5. The molecule has 17 unspecified atom stereocenters. The topological polar surface area (TPSA) is 210 Å². The smallest absolute Gasteiger partial charge is 0.306 e. The van der Waals surface area contributed by atoms with Crippen molar-refractivity contribution in [3.05, 3.63) is 0 Å². The maximum atomic E-state index is 13.2. The van der Waals surface area contributed by atoms with Gasteiger partial charge >= 0.3 is 11.9 Å². The number of carbonyl (C=O) groups excluding carboxylic acids is 3. The van der Waals surface area contributed by atoms with Gasteiger partial charge in [0.1, 0.15) is 48.5 Å². The zero-order valence-corrected chi connectivity index (χ0v) is 28.8. The Bertz CT molecular complexity index is 1180. The molecular formula is C35H56O13. The van der Waals surface area contributed by atoms with Gasteiger partial charge in [0.2, 0.25) is 0 Å².